The van der Waals surface area contributed by atoms with Gasteiger partial charge < -0.3 is 4.74 Å². The fourth-order valence-electron chi connectivity index (χ4n) is 1.64. The first kappa shape index (κ1) is 15.9. The Bertz CT molecular complexity index is 730. The Balaban J connectivity index is 2.22. The van der Waals surface area contributed by atoms with Crippen LogP contribution in [0.2, 0.25) is 10.0 Å². The van der Waals surface area contributed by atoms with E-state index in [0.717, 1.165) is 0 Å². The van der Waals surface area contributed by atoms with Crippen LogP contribution in [0.25, 0.3) is 0 Å². The maximum Gasteiger partial charge on any atom is 0.261 e. The molecule has 0 unspecified atom stereocenters. The minimum absolute atomic E-state index is 0.0470. The van der Waals surface area contributed by atoms with Gasteiger partial charge in [-0.15, -0.1) is 0 Å². The molecule has 0 radical (unpaired) electrons. The van der Waals surface area contributed by atoms with E-state index in [2.05, 4.69) is 4.72 Å². The van der Waals surface area contributed by atoms with E-state index in [1.54, 1.807) is 24.3 Å². The fourth-order valence-corrected chi connectivity index (χ4v) is 3.09. The van der Waals surface area contributed by atoms with E-state index in [-0.39, 0.29) is 9.92 Å². The number of ether oxygens (including phenoxy) is 1. The Kier molecular flexibility index (Phi) is 4.98. The molecular weight excluding hydrogens is 333 g/mol. The Hall–Kier alpha value is -1.43. The lowest BCUT2D eigenvalue weighted by Crippen LogP contribution is -2.12. The van der Waals surface area contributed by atoms with Crippen molar-refractivity contribution in [1.29, 1.82) is 0 Å². The van der Waals surface area contributed by atoms with Gasteiger partial charge in [0.15, 0.2) is 0 Å². The van der Waals surface area contributed by atoms with Gasteiger partial charge in [0.1, 0.15) is 5.75 Å². The number of benzene rings is 2. The Morgan fingerprint density at radius 2 is 1.71 bits per heavy atom. The lowest BCUT2D eigenvalue weighted by atomic mass is 10.3. The molecule has 2 rings (SSSR count). The maximum atomic E-state index is 12.2. The zero-order chi connectivity index (χ0) is 15.5. The maximum absolute atomic E-state index is 12.2. The van der Waals surface area contributed by atoms with Crippen molar-refractivity contribution in [3.8, 4) is 5.75 Å². The van der Waals surface area contributed by atoms with E-state index < -0.39 is 10.0 Å². The standard InChI is InChI=1S/C14H13Cl2NO3S/c1-2-20-11-5-3-10(4-6-11)17-21(18,19)12-7-8-13(15)14(16)9-12/h3-9,17H,2H2,1H3. The average molecular weight is 346 g/mol. The van der Waals surface area contributed by atoms with Gasteiger partial charge in [-0.25, -0.2) is 8.42 Å². The Labute approximate surface area is 133 Å². The van der Waals surface area contributed by atoms with Crippen molar-refractivity contribution < 1.29 is 13.2 Å². The first-order valence-electron chi connectivity index (χ1n) is 6.13. The van der Waals surface area contributed by atoms with Crippen molar-refractivity contribution in [2.24, 2.45) is 0 Å². The van der Waals surface area contributed by atoms with Crippen molar-refractivity contribution in [2.45, 2.75) is 11.8 Å². The highest BCUT2D eigenvalue weighted by atomic mass is 35.5. The molecule has 112 valence electrons. The van der Waals surface area contributed by atoms with Crippen molar-refractivity contribution in [3.05, 3.63) is 52.5 Å². The second kappa shape index (κ2) is 6.56. The summed E-state index contributed by atoms with van der Waals surface area (Å²) >= 11 is 11.6. The van der Waals surface area contributed by atoms with Crippen molar-refractivity contribution in [3.63, 3.8) is 0 Å². The quantitative estimate of drug-likeness (QED) is 0.883. The highest BCUT2D eigenvalue weighted by Crippen LogP contribution is 2.26. The topological polar surface area (TPSA) is 55.4 Å². The van der Waals surface area contributed by atoms with Gasteiger partial charge in [0, 0.05) is 5.69 Å². The minimum atomic E-state index is -3.71. The third kappa shape index (κ3) is 4.03. The van der Waals surface area contributed by atoms with Crippen LogP contribution in [0.3, 0.4) is 0 Å². The summed E-state index contributed by atoms with van der Waals surface area (Å²) in [5.41, 5.74) is 0.435. The van der Waals surface area contributed by atoms with Gasteiger partial charge in [0.05, 0.1) is 21.5 Å². The van der Waals surface area contributed by atoms with E-state index in [1.807, 2.05) is 6.92 Å². The van der Waals surface area contributed by atoms with Crippen molar-refractivity contribution in [1.82, 2.24) is 0 Å². The van der Waals surface area contributed by atoms with Crippen molar-refractivity contribution >= 4 is 38.9 Å². The van der Waals surface area contributed by atoms with E-state index >= 15 is 0 Å². The van der Waals surface area contributed by atoms with Crippen LogP contribution in [0.15, 0.2) is 47.4 Å². The molecule has 2 aromatic rings. The van der Waals surface area contributed by atoms with Gasteiger partial charge in [0.2, 0.25) is 0 Å². The number of sulfonamides is 1. The second-order valence-electron chi connectivity index (χ2n) is 4.14. The second-order valence-corrected chi connectivity index (χ2v) is 6.64. The van der Waals surface area contributed by atoms with Crippen LogP contribution in [-0.4, -0.2) is 15.0 Å². The van der Waals surface area contributed by atoms with Gasteiger partial charge in [0.25, 0.3) is 10.0 Å². The molecule has 0 bridgehead atoms. The Morgan fingerprint density at radius 1 is 1.05 bits per heavy atom. The SMILES string of the molecule is CCOc1ccc(NS(=O)(=O)c2ccc(Cl)c(Cl)c2)cc1. The van der Waals surface area contributed by atoms with E-state index in [9.17, 15) is 8.42 Å². The zero-order valence-corrected chi connectivity index (χ0v) is 13.5. The molecule has 0 spiro atoms. The molecule has 0 aromatic heterocycles. The summed E-state index contributed by atoms with van der Waals surface area (Å²) in [7, 11) is -3.71. The first-order chi connectivity index (χ1) is 9.92. The number of nitrogens with one attached hydrogen (secondary N) is 1. The molecule has 21 heavy (non-hydrogen) atoms. The van der Waals surface area contributed by atoms with Crippen LogP contribution in [-0.2, 0) is 10.0 Å². The third-order valence-electron chi connectivity index (χ3n) is 2.62. The normalized spacial score (nSPS) is 11.2. The number of rotatable bonds is 5. The summed E-state index contributed by atoms with van der Waals surface area (Å²) in [5.74, 6) is 0.676. The largest absolute Gasteiger partial charge is 0.494 e. The van der Waals surface area contributed by atoms with Gasteiger partial charge in [-0.2, -0.15) is 0 Å². The van der Waals surface area contributed by atoms with Crippen LogP contribution in [0.4, 0.5) is 5.69 Å². The molecule has 0 aliphatic rings. The molecule has 4 nitrogen and oxygen atoms in total. The molecule has 1 N–H and O–H groups in total. The highest BCUT2D eigenvalue weighted by molar-refractivity contribution is 7.92. The van der Waals surface area contributed by atoms with Crippen LogP contribution in [0.1, 0.15) is 6.92 Å². The number of anilines is 1. The van der Waals surface area contributed by atoms with Gasteiger partial charge in [-0.3, -0.25) is 4.72 Å². The van der Waals surface area contributed by atoms with Gasteiger partial charge >= 0.3 is 0 Å². The van der Waals surface area contributed by atoms with Crippen LogP contribution < -0.4 is 9.46 Å². The smallest absolute Gasteiger partial charge is 0.261 e. The number of hydrogen-bond donors (Lipinski definition) is 1. The fraction of sp³-hybridized carbons (Fsp3) is 0.143. The molecule has 7 heteroatoms. The first-order valence-corrected chi connectivity index (χ1v) is 8.37. The average Bonchev–Trinajstić information content (AvgIpc) is 2.44. The van der Waals surface area contributed by atoms with Crippen LogP contribution >= 0.6 is 23.2 Å². The van der Waals surface area contributed by atoms with Gasteiger partial charge in [-0.1, -0.05) is 23.2 Å². The molecule has 0 fully saturated rings. The summed E-state index contributed by atoms with van der Waals surface area (Å²) in [5, 5.41) is 0.489. The summed E-state index contributed by atoms with van der Waals surface area (Å²) < 4.78 is 32.2. The molecule has 0 aliphatic carbocycles. The molecule has 2 aromatic carbocycles. The summed E-state index contributed by atoms with van der Waals surface area (Å²) in [4.78, 5) is 0.0470. The zero-order valence-electron chi connectivity index (χ0n) is 11.1. The molecule has 0 atom stereocenters. The van der Waals surface area contributed by atoms with E-state index in [4.69, 9.17) is 27.9 Å². The molecule has 0 aliphatic heterocycles. The third-order valence-corrected chi connectivity index (χ3v) is 4.74. The van der Waals surface area contributed by atoms with E-state index in [1.165, 1.54) is 18.2 Å². The summed E-state index contributed by atoms with van der Waals surface area (Å²) in [6.07, 6.45) is 0. The van der Waals surface area contributed by atoms with Crippen LogP contribution in [0, 0.1) is 0 Å². The number of halogens is 2. The molecular formula is C14H13Cl2NO3S. The molecule has 0 saturated heterocycles. The van der Waals surface area contributed by atoms with E-state index in [0.29, 0.717) is 23.1 Å². The molecule has 0 amide bonds. The minimum Gasteiger partial charge on any atom is -0.494 e. The van der Waals surface area contributed by atoms with Crippen LogP contribution in [0.5, 0.6) is 5.75 Å². The number of hydrogen-bond acceptors (Lipinski definition) is 3. The predicted octanol–water partition coefficient (Wildman–Crippen LogP) is 4.19. The monoisotopic (exact) mass is 345 g/mol. The predicted molar refractivity (Wildman–Crippen MR) is 84.9 cm³/mol. The van der Waals surface area contributed by atoms with Crippen molar-refractivity contribution in [2.75, 3.05) is 11.3 Å². The summed E-state index contributed by atoms with van der Waals surface area (Å²) in [6.45, 7) is 2.43. The Morgan fingerprint density at radius 3 is 2.29 bits per heavy atom. The molecule has 0 heterocycles. The molecule has 0 saturated carbocycles. The lowest BCUT2D eigenvalue weighted by molar-refractivity contribution is 0.340. The lowest BCUT2D eigenvalue weighted by Gasteiger charge is -2.09. The highest BCUT2D eigenvalue weighted by Gasteiger charge is 2.15. The van der Waals surface area contributed by atoms with Gasteiger partial charge in [-0.05, 0) is 49.4 Å². The summed E-state index contributed by atoms with van der Waals surface area (Å²) in [6, 6.07) is 10.8.